The predicted molar refractivity (Wildman–Crippen MR) is 126 cm³/mol. The molecule has 0 spiro atoms. The fraction of sp³-hybridized carbons (Fsp3) is 0.708. The largest absolute Gasteiger partial charge is 0.361 e. The number of aryl methyl sites for hydroxylation is 1. The molecule has 0 radical (unpaired) electrons. The first kappa shape index (κ1) is 23.7. The van der Waals surface area contributed by atoms with Gasteiger partial charge in [0.05, 0.1) is 23.7 Å². The second-order valence-corrected chi connectivity index (χ2v) is 11.1. The Morgan fingerprint density at radius 2 is 2.09 bits per heavy atom. The van der Waals surface area contributed by atoms with Gasteiger partial charge in [-0.05, 0) is 57.9 Å². The standard InChI is InChI=1S/C24H33F2N5O2S/c1-15-10-19(33-29-15)11-22(32)27-18-4-2-16(3-5-18)6-8-30-9-7-21-20(14-30)28-24(34-21)31-12-17(13-31)23(25)26/h10,16-18,23H,2-9,11-14H2,1H3,(H,27,32)/t16-,18-. The lowest BCUT2D eigenvalue weighted by atomic mass is 9.84. The van der Waals surface area contributed by atoms with Crippen molar-refractivity contribution in [1.29, 1.82) is 0 Å². The van der Waals surface area contributed by atoms with Gasteiger partial charge in [0.2, 0.25) is 12.3 Å². The van der Waals surface area contributed by atoms with E-state index >= 15 is 0 Å². The number of halogens is 2. The minimum absolute atomic E-state index is 0.00862. The number of carbonyl (C=O) groups is 1. The lowest BCUT2D eigenvalue weighted by Crippen LogP contribution is -2.50. The van der Waals surface area contributed by atoms with Crippen LogP contribution in [0.2, 0.25) is 0 Å². The highest BCUT2D eigenvalue weighted by atomic mass is 32.1. The van der Waals surface area contributed by atoms with Crippen molar-refractivity contribution in [2.75, 3.05) is 31.1 Å². The molecule has 1 N–H and O–H groups in total. The summed E-state index contributed by atoms with van der Waals surface area (Å²) < 4.78 is 30.7. The van der Waals surface area contributed by atoms with Crippen molar-refractivity contribution in [2.45, 2.75) is 70.9 Å². The number of alkyl halides is 2. The van der Waals surface area contributed by atoms with Crippen LogP contribution in [0.3, 0.4) is 0 Å². The van der Waals surface area contributed by atoms with Crippen molar-refractivity contribution in [2.24, 2.45) is 11.8 Å². The van der Waals surface area contributed by atoms with Gasteiger partial charge in [0.1, 0.15) is 5.76 Å². The summed E-state index contributed by atoms with van der Waals surface area (Å²) >= 11 is 1.69. The molecule has 2 aromatic rings. The molecule has 3 aliphatic rings. The topological polar surface area (TPSA) is 74.5 Å². The molecule has 1 saturated carbocycles. The van der Waals surface area contributed by atoms with E-state index in [9.17, 15) is 13.6 Å². The average molecular weight is 494 g/mol. The first-order valence-corrected chi connectivity index (χ1v) is 13.2. The van der Waals surface area contributed by atoms with Gasteiger partial charge in [-0.25, -0.2) is 13.8 Å². The highest BCUT2D eigenvalue weighted by Crippen LogP contribution is 2.36. The number of nitrogens with zero attached hydrogens (tertiary/aromatic N) is 4. The predicted octanol–water partition coefficient (Wildman–Crippen LogP) is 3.81. The second-order valence-electron chi connectivity index (χ2n) is 10.1. The maximum absolute atomic E-state index is 12.8. The van der Waals surface area contributed by atoms with E-state index in [1.165, 1.54) is 11.3 Å². The van der Waals surface area contributed by atoms with Crippen LogP contribution in [0.25, 0.3) is 0 Å². The van der Waals surface area contributed by atoms with Crippen molar-refractivity contribution in [3.63, 3.8) is 0 Å². The van der Waals surface area contributed by atoms with E-state index < -0.39 is 12.3 Å². The zero-order valence-corrected chi connectivity index (χ0v) is 20.5. The molecule has 1 amide bonds. The van der Waals surface area contributed by atoms with Crippen LogP contribution in [0.15, 0.2) is 10.6 Å². The highest BCUT2D eigenvalue weighted by Gasteiger charge is 2.36. The van der Waals surface area contributed by atoms with Crippen molar-refractivity contribution in [3.8, 4) is 0 Å². The second kappa shape index (κ2) is 10.3. The van der Waals surface area contributed by atoms with Gasteiger partial charge < -0.3 is 14.7 Å². The van der Waals surface area contributed by atoms with Gasteiger partial charge in [-0.2, -0.15) is 0 Å². The third-order valence-electron chi connectivity index (χ3n) is 7.41. The van der Waals surface area contributed by atoms with Crippen LogP contribution in [0, 0.1) is 18.8 Å². The van der Waals surface area contributed by atoms with E-state index in [0.29, 0.717) is 24.8 Å². The Labute approximate surface area is 202 Å². The van der Waals surface area contributed by atoms with Gasteiger partial charge in [-0.3, -0.25) is 9.69 Å². The number of aromatic nitrogens is 2. The van der Waals surface area contributed by atoms with Crippen molar-refractivity contribution < 1.29 is 18.1 Å². The molecular weight excluding hydrogens is 460 g/mol. The third kappa shape index (κ3) is 5.59. The Morgan fingerprint density at radius 1 is 1.29 bits per heavy atom. The van der Waals surface area contributed by atoms with Crippen LogP contribution in [0.1, 0.15) is 54.1 Å². The molecule has 0 unspecified atom stereocenters. The number of hydrogen-bond acceptors (Lipinski definition) is 7. The molecule has 2 aromatic heterocycles. The van der Waals surface area contributed by atoms with E-state index in [2.05, 4.69) is 15.4 Å². The van der Waals surface area contributed by atoms with Crippen molar-refractivity contribution >= 4 is 22.4 Å². The normalized spacial score (nSPS) is 23.7. The molecule has 1 aliphatic carbocycles. The summed E-state index contributed by atoms with van der Waals surface area (Å²) in [7, 11) is 0. The lowest BCUT2D eigenvalue weighted by Gasteiger charge is -2.38. The molecule has 5 rings (SSSR count). The third-order valence-corrected chi connectivity index (χ3v) is 8.63. The summed E-state index contributed by atoms with van der Waals surface area (Å²) in [4.78, 5) is 22.9. The fourth-order valence-electron chi connectivity index (χ4n) is 5.29. The molecule has 0 atom stereocenters. The Kier molecular flexibility index (Phi) is 7.15. The molecule has 34 heavy (non-hydrogen) atoms. The molecule has 186 valence electrons. The first-order chi connectivity index (χ1) is 16.4. The van der Waals surface area contributed by atoms with Crippen molar-refractivity contribution in [1.82, 2.24) is 20.4 Å². The molecule has 10 heteroatoms. The molecule has 2 fully saturated rings. The number of nitrogens with one attached hydrogen (secondary N) is 1. The number of fused-ring (bicyclic) bond motifs is 1. The van der Waals surface area contributed by atoms with E-state index in [1.807, 2.05) is 11.8 Å². The molecular formula is C24H33F2N5O2S. The Bertz CT molecular complexity index is 982. The van der Waals surface area contributed by atoms with Gasteiger partial charge in [-0.1, -0.05) is 5.16 Å². The quantitative estimate of drug-likeness (QED) is 0.603. The Balaban J connectivity index is 1.01. The summed E-state index contributed by atoms with van der Waals surface area (Å²) in [6.45, 7) is 5.68. The van der Waals surface area contributed by atoms with Gasteiger partial charge in [0, 0.05) is 43.2 Å². The molecule has 7 nitrogen and oxygen atoms in total. The average Bonchev–Trinajstić information content (AvgIpc) is 3.37. The fourth-order valence-corrected chi connectivity index (χ4v) is 6.37. The Morgan fingerprint density at radius 3 is 2.79 bits per heavy atom. The summed E-state index contributed by atoms with van der Waals surface area (Å²) in [5.41, 5.74) is 1.93. The number of rotatable bonds is 8. The van der Waals surface area contributed by atoms with E-state index in [4.69, 9.17) is 9.51 Å². The van der Waals surface area contributed by atoms with E-state index in [-0.39, 0.29) is 18.4 Å². The minimum atomic E-state index is -2.23. The lowest BCUT2D eigenvalue weighted by molar-refractivity contribution is -0.121. The molecule has 4 heterocycles. The first-order valence-electron chi connectivity index (χ1n) is 12.4. The maximum atomic E-state index is 12.8. The maximum Gasteiger partial charge on any atom is 0.244 e. The van der Waals surface area contributed by atoms with Gasteiger partial charge >= 0.3 is 0 Å². The molecule has 0 bridgehead atoms. The number of amides is 1. The number of thiazole rings is 1. The number of carbonyl (C=O) groups excluding carboxylic acids is 1. The summed E-state index contributed by atoms with van der Waals surface area (Å²) in [6, 6.07) is 2.06. The number of anilines is 1. The SMILES string of the molecule is Cc1cc(CC(=O)N[C@H]2CC[C@H](CCN3CCc4sc(N5CC(C(F)F)C5)nc4C3)CC2)on1. The zero-order chi connectivity index (χ0) is 23.7. The minimum Gasteiger partial charge on any atom is -0.361 e. The monoisotopic (exact) mass is 493 g/mol. The molecule has 2 aliphatic heterocycles. The molecule has 0 aromatic carbocycles. The summed E-state index contributed by atoms with van der Waals surface area (Å²) in [5, 5.41) is 7.90. The van der Waals surface area contributed by atoms with Crippen LogP contribution in [-0.4, -0.2) is 59.6 Å². The zero-order valence-electron chi connectivity index (χ0n) is 19.6. The Hall–Kier alpha value is -2.07. The van der Waals surface area contributed by atoms with Crippen LogP contribution >= 0.6 is 11.3 Å². The van der Waals surface area contributed by atoms with Crippen LogP contribution in [0.4, 0.5) is 13.9 Å². The van der Waals surface area contributed by atoms with Crippen LogP contribution in [0.5, 0.6) is 0 Å². The number of hydrogen-bond donors (Lipinski definition) is 1. The van der Waals surface area contributed by atoms with E-state index in [1.54, 1.807) is 17.4 Å². The van der Waals surface area contributed by atoms with Crippen LogP contribution in [-0.2, 0) is 24.2 Å². The van der Waals surface area contributed by atoms with E-state index in [0.717, 1.165) is 68.3 Å². The van der Waals surface area contributed by atoms with Gasteiger partial charge in [0.25, 0.3) is 0 Å². The smallest absolute Gasteiger partial charge is 0.244 e. The summed E-state index contributed by atoms with van der Waals surface area (Å²) in [5.74, 6) is 0.820. The summed E-state index contributed by atoms with van der Waals surface area (Å²) in [6.07, 6.45) is 4.55. The van der Waals surface area contributed by atoms with Gasteiger partial charge in [-0.15, -0.1) is 11.3 Å². The molecule has 1 saturated heterocycles. The van der Waals surface area contributed by atoms with Gasteiger partial charge in [0.15, 0.2) is 5.13 Å². The highest BCUT2D eigenvalue weighted by molar-refractivity contribution is 7.15. The van der Waals surface area contributed by atoms with Crippen LogP contribution < -0.4 is 10.2 Å². The van der Waals surface area contributed by atoms with Crippen molar-refractivity contribution in [3.05, 3.63) is 28.1 Å².